The third-order valence-corrected chi connectivity index (χ3v) is 6.52. The number of nitrogens with zero attached hydrogens (tertiary/aromatic N) is 3. The Kier molecular flexibility index (Phi) is 5.12. The number of aromatic amines is 1. The number of hydrogen-bond donors (Lipinski definition) is 1. The third kappa shape index (κ3) is 3.40. The zero-order chi connectivity index (χ0) is 19.8. The van der Waals surface area contributed by atoms with Gasteiger partial charge in [0.05, 0.1) is 0 Å². The number of aromatic nitrogens is 4. The van der Waals surface area contributed by atoms with E-state index >= 15 is 0 Å². The second-order valence-corrected chi connectivity index (χ2v) is 8.32. The van der Waals surface area contributed by atoms with E-state index in [0.717, 1.165) is 25.2 Å². The van der Waals surface area contributed by atoms with Crippen LogP contribution in [0.5, 0.6) is 0 Å². The van der Waals surface area contributed by atoms with Gasteiger partial charge in [-0.05, 0) is 43.4 Å². The molecule has 0 amide bonds. The van der Waals surface area contributed by atoms with Gasteiger partial charge < -0.3 is 9.30 Å². The molecule has 28 heavy (non-hydrogen) atoms. The van der Waals surface area contributed by atoms with Crippen LogP contribution in [0.2, 0.25) is 0 Å². The normalized spacial score (nSPS) is 23.6. The number of unbranched alkanes of at least 4 members (excludes halogenated alkanes) is 1. The number of H-pyrrole nitrogens is 1. The average Bonchev–Trinajstić information content (AvgIpc) is 3.34. The minimum Gasteiger partial charge on any atom is -0.457 e. The van der Waals surface area contributed by atoms with Crippen LogP contribution in [0, 0.1) is 17.8 Å². The first-order valence-electron chi connectivity index (χ1n) is 10.3. The van der Waals surface area contributed by atoms with Gasteiger partial charge in [0.15, 0.2) is 11.2 Å². The molecule has 0 aliphatic heterocycles. The van der Waals surface area contributed by atoms with Crippen LogP contribution in [0.25, 0.3) is 11.2 Å². The highest BCUT2D eigenvalue weighted by Crippen LogP contribution is 2.49. The number of imidazole rings is 1. The van der Waals surface area contributed by atoms with E-state index in [4.69, 9.17) is 4.74 Å². The molecule has 2 aliphatic carbocycles. The number of ether oxygens (including phenoxy) is 1. The second kappa shape index (κ2) is 7.56. The zero-order valence-corrected chi connectivity index (χ0v) is 16.6. The van der Waals surface area contributed by atoms with Gasteiger partial charge >= 0.3 is 11.7 Å². The van der Waals surface area contributed by atoms with Gasteiger partial charge in [-0.3, -0.25) is 19.1 Å². The summed E-state index contributed by atoms with van der Waals surface area (Å²) in [6.45, 7) is 2.53. The summed E-state index contributed by atoms with van der Waals surface area (Å²) < 4.78 is 8.58. The number of carbonyl (C=O) groups excluding carboxylic acids is 1. The van der Waals surface area contributed by atoms with E-state index in [-0.39, 0.29) is 12.6 Å². The van der Waals surface area contributed by atoms with Gasteiger partial charge in [-0.2, -0.15) is 0 Å². The maximum absolute atomic E-state index is 12.3. The molecule has 2 fully saturated rings. The number of aryl methyl sites for hydroxylation is 2. The topological polar surface area (TPSA) is 99.0 Å². The van der Waals surface area contributed by atoms with E-state index in [2.05, 4.69) is 9.97 Å². The van der Waals surface area contributed by atoms with Crippen molar-refractivity contribution in [1.29, 1.82) is 0 Å². The molecule has 2 aliphatic rings. The summed E-state index contributed by atoms with van der Waals surface area (Å²) in [5.74, 6) is 2.20. The Morgan fingerprint density at radius 2 is 2.11 bits per heavy atom. The van der Waals surface area contributed by atoms with Gasteiger partial charge in [0.1, 0.15) is 12.4 Å². The molecule has 4 rings (SSSR count). The van der Waals surface area contributed by atoms with Crippen molar-refractivity contribution in [2.24, 2.45) is 24.8 Å². The van der Waals surface area contributed by atoms with Crippen molar-refractivity contribution in [1.82, 2.24) is 19.1 Å². The van der Waals surface area contributed by atoms with Crippen molar-refractivity contribution < 1.29 is 9.53 Å². The van der Waals surface area contributed by atoms with Crippen molar-refractivity contribution in [3.63, 3.8) is 0 Å². The van der Waals surface area contributed by atoms with E-state index in [1.165, 1.54) is 23.8 Å². The number of esters is 1. The van der Waals surface area contributed by atoms with Crippen LogP contribution in [0.4, 0.5) is 0 Å². The zero-order valence-electron chi connectivity index (χ0n) is 16.6. The predicted molar refractivity (Wildman–Crippen MR) is 104 cm³/mol. The first kappa shape index (κ1) is 19.0. The molecule has 2 aromatic rings. The Bertz CT molecular complexity index is 1000. The fourth-order valence-corrected chi connectivity index (χ4v) is 4.99. The average molecular weight is 388 g/mol. The molecule has 8 nitrogen and oxygen atoms in total. The molecule has 0 saturated heterocycles. The molecule has 0 unspecified atom stereocenters. The highest BCUT2D eigenvalue weighted by atomic mass is 16.5. The summed E-state index contributed by atoms with van der Waals surface area (Å²) in [6, 6.07) is 0. The van der Waals surface area contributed by atoms with Gasteiger partial charge in [-0.25, -0.2) is 9.78 Å². The van der Waals surface area contributed by atoms with Crippen LogP contribution in [-0.4, -0.2) is 25.1 Å². The van der Waals surface area contributed by atoms with Crippen LogP contribution >= 0.6 is 0 Å². The lowest BCUT2D eigenvalue weighted by molar-refractivity contribution is -0.146. The molecule has 1 N–H and O–H groups in total. The number of rotatable bonds is 7. The number of carbonyl (C=O) groups is 1. The van der Waals surface area contributed by atoms with Crippen molar-refractivity contribution in [3.05, 3.63) is 26.7 Å². The van der Waals surface area contributed by atoms with Gasteiger partial charge in [0.25, 0.3) is 5.56 Å². The maximum Gasteiger partial charge on any atom is 0.330 e. The van der Waals surface area contributed by atoms with Crippen LogP contribution in [0.1, 0.15) is 57.7 Å². The van der Waals surface area contributed by atoms with E-state index in [1.807, 2.05) is 6.92 Å². The van der Waals surface area contributed by atoms with Crippen molar-refractivity contribution in [3.8, 4) is 0 Å². The van der Waals surface area contributed by atoms with Gasteiger partial charge in [0, 0.05) is 20.0 Å². The molecule has 0 aromatic carbocycles. The molecule has 2 heterocycles. The van der Waals surface area contributed by atoms with Gasteiger partial charge in [0.2, 0.25) is 0 Å². The summed E-state index contributed by atoms with van der Waals surface area (Å²) in [5, 5.41) is 0. The minimum absolute atomic E-state index is 0.00619. The molecule has 152 valence electrons. The summed E-state index contributed by atoms with van der Waals surface area (Å²) >= 11 is 0. The summed E-state index contributed by atoms with van der Waals surface area (Å²) in [5.41, 5.74) is -0.245. The lowest BCUT2D eigenvalue weighted by Gasteiger charge is -2.20. The largest absolute Gasteiger partial charge is 0.457 e. The van der Waals surface area contributed by atoms with E-state index < -0.39 is 11.2 Å². The molecular weight excluding hydrogens is 360 g/mol. The third-order valence-electron chi connectivity index (χ3n) is 6.52. The highest BCUT2D eigenvalue weighted by Gasteiger charge is 2.40. The first-order valence-corrected chi connectivity index (χ1v) is 10.3. The number of fused-ring (bicyclic) bond motifs is 3. The lowest BCUT2D eigenvalue weighted by Crippen LogP contribution is -2.31. The van der Waals surface area contributed by atoms with E-state index in [0.29, 0.717) is 41.8 Å². The van der Waals surface area contributed by atoms with Crippen LogP contribution in [0.3, 0.4) is 0 Å². The molecule has 2 saturated carbocycles. The van der Waals surface area contributed by atoms with Gasteiger partial charge in [-0.1, -0.05) is 19.8 Å². The fraction of sp³-hybridized carbons (Fsp3) is 0.700. The Balaban J connectivity index is 1.50. The standard InChI is InChI=1S/C20H28N4O4/c1-3-4-7-24-18-17(19(26)22-20(24)27)23(2)15(21-18)11-28-16(25)10-14-9-12-5-6-13(14)8-12/h12-14H,3-11H2,1-2H3,(H,22,26,27)/t12-,13-,14+/m0/s1. The maximum atomic E-state index is 12.3. The minimum atomic E-state index is -0.470. The smallest absolute Gasteiger partial charge is 0.330 e. The molecule has 0 spiro atoms. The van der Waals surface area contributed by atoms with Gasteiger partial charge in [-0.15, -0.1) is 0 Å². The van der Waals surface area contributed by atoms with Crippen molar-refractivity contribution >= 4 is 17.1 Å². The Hall–Kier alpha value is -2.38. The quantitative estimate of drug-likeness (QED) is 0.732. The number of hydrogen-bond acceptors (Lipinski definition) is 5. The summed E-state index contributed by atoms with van der Waals surface area (Å²) in [7, 11) is 1.71. The highest BCUT2D eigenvalue weighted by molar-refractivity contribution is 5.71. The molecule has 2 bridgehead atoms. The predicted octanol–water partition coefficient (Wildman–Crippen LogP) is 2.09. The summed E-state index contributed by atoms with van der Waals surface area (Å²) in [4.78, 5) is 43.6. The van der Waals surface area contributed by atoms with Crippen LogP contribution in [0.15, 0.2) is 9.59 Å². The Morgan fingerprint density at radius 3 is 2.79 bits per heavy atom. The summed E-state index contributed by atoms with van der Waals surface area (Å²) in [6.07, 6.45) is 7.16. The first-order chi connectivity index (χ1) is 13.5. The monoisotopic (exact) mass is 388 g/mol. The molecule has 3 atom stereocenters. The Labute approximate surface area is 162 Å². The number of nitrogens with one attached hydrogen (secondary N) is 1. The lowest BCUT2D eigenvalue weighted by atomic mass is 9.86. The SMILES string of the molecule is CCCCn1c(=O)[nH]c(=O)c2c1nc(COC(=O)C[C@H]1C[C@H]3CC[C@H]1C3)n2C. The molecular formula is C20H28N4O4. The molecule has 8 heteroatoms. The Morgan fingerprint density at radius 1 is 1.29 bits per heavy atom. The second-order valence-electron chi connectivity index (χ2n) is 8.32. The molecule has 2 aromatic heterocycles. The van der Waals surface area contributed by atoms with Crippen molar-refractivity contribution in [2.45, 2.75) is 65.0 Å². The van der Waals surface area contributed by atoms with E-state index in [1.54, 1.807) is 11.6 Å². The van der Waals surface area contributed by atoms with Crippen LogP contribution < -0.4 is 11.2 Å². The van der Waals surface area contributed by atoms with E-state index in [9.17, 15) is 14.4 Å². The van der Waals surface area contributed by atoms with Crippen LogP contribution in [-0.2, 0) is 29.7 Å². The fourth-order valence-electron chi connectivity index (χ4n) is 4.99. The molecule has 0 radical (unpaired) electrons. The van der Waals surface area contributed by atoms with Crippen molar-refractivity contribution in [2.75, 3.05) is 0 Å².